The molecule has 0 spiro atoms. The van der Waals surface area contributed by atoms with Crippen LogP contribution in [0.1, 0.15) is 18.3 Å². The van der Waals surface area contributed by atoms with E-state index in [9.17, 15) is 17.6 Å². The third-order valence-electron chi connectivity index (χ3n) is 4.15. The number of aryl methyl sites for hydroxylation is 2. The van der Waals surface area contributed by atoms with Crippen molar-refractivity contribution >= 4 is 9.84 Å². The molecule has 0 aliphatic heterocycles. The van der Waals surface area contributed by atoms with Gasteiger partial charge in [-0.15, -0.1) is 0 Å². The van der Waals surface area contributed by atoms with E-state index in [1.165, 1.54) is 35.9 Å². The molecule has 3 rings (SSSR count). The fourth-order valence-electron chi connectivity index (χ4n) is 2.50. The number of aromatic nitrogens is 4. The number of hydrogen-bond donors (Lipinski definition) is 0. The van der Waals surface area contributed by atoms with Gasteiger partial charge in [-0.2, -0.15) is 9.97 Å². The van der Waals surface area contributed by atoms with Crippen LogP contribution in [0.5, 0.6) is 11.8 Å². The van der Waals surface area contributed by atoms with Crippen molar-refractivity contribution < 1.29 is 17.5 Å². The highest BCUT2D eigenvalue weighted by Gasteiger charge is 2.18. The van der Waals surface area contributed by atoms with Crippen molar-refractivity contribution in [3.63, 3.8) is 0 Å². The van der Waals surface area contributed by atoms with Crippen LogP contribution >= 0.6 is 0 Å². The Morgan fingerprint density at radius 1 is 1.14 bits per heavy atom. The van der Waals surface area contributed by atoms with Gasteiger partial charge in [0.15, 0.2) is 33.1 Å². The molecule has 2 aromatic heterocycles. The molecule has 0 fully saturated rings. The minimum Gasteiger partial charge on any atom is -0.421 e. The Bertz CT molecular complexity index is 1200. The quantitative estimate of drug-likeness (QED) is 0.605. The minimum absolute atomic E-state index is 0.0327. The lowest BCUT2D eigenvalue weighted by Crippen LogP contribution is -2.15. The van der Waals surface area contributed by atoms with Gasteiger partial charge in [-0.25, -0.2) is 17.8 Å². The van der Waals surface area contributed by atoms with Crippen molar-refractivity contribution in [2.75, 3.05) is 5.75 Å². The fourth-order valence-corrected chi connectivity index (χ4v) is 3.23. The third-order valence-corrected chi connectivity index (χ3v) is 5.73. The van der Waals surface area contributed by atoms with Gasteiger partial charge in [0.05, 0.1) is 0 Å². The second-order valence-electron chi connectivity index (χ2n) is 6.39. The number of pyridine rings is 1. The van der Waals surface area contributed by atoms with E-state index in [4.69, 9.17) is 4.74 Å². The fraction of sp³-hybridized carbons (Fsp3) is 0.263. The zero-order valence-electron chi connectivity index (χ0n) is 16.1. The molecule has 0 unspecified atom stereocenters. The van der Waals surface area contributed by atoms with Crippen LogP contribution in [0.2, 0.25) is 0 Å². The van der Waals surface area contributed by atoms with Gasteiger partial charge < -0.3 is 9.30 Å². The van der Waals surface area contributed by atoms with E-state index in [1.807, 2.05) is 0 Å². The van der Waals surface area contributed by atoms with Crippen LogP contribution in [0.3, 0.4) is 0 Å². The number of nitrogens with zero attached hydrogens (tertiary/aromatic N) is 4. The molecule has 0 atom stereocenters. The van der Waals surface area contributed by atoms with Crippen LogP contribution < -0.4 is 10.3 Å². The van der Waals surface area contributed by atoms with Crippen molar-refractivity contribution in [3.8, 4) is 23.1 Å². The summed E-state index contributed by atoms with van der Waals surface area (Å²) in [6.07, 6.45) is 1.51. The van der Waals surface area contributed by atoms with Crippen molar-refractivity contribution in [2.45, 2.75) is 19.6 Å². The molecule has 10 heteroatoms. The summed E-state index contributed by atoms with van der Waals surface area (Å²) in [6, 6.07) is 7.05. The zero-order chi connectivity index (χ0) is 21.2. The predicted octanol–water partition coefficient (Wildman–Crippen LogP) is 2.41. The molecular weight excluding hydrogens is 399 g/mol. The van der Waals surface area contributed by atoms with Crippen molar-refractivity contribution in [3.05, 3.63) is 64.1 Å². The summed E-state index contributed by atoms with van der Waals surface area (Å²) in [5, 5.41) is 0. The first-order valence-electron chi connectivity index (χ1n) is 8.74. The first-order chi connectivity index (χ1) is 13.7. The highest BCUT2D eigenvalue weighted by Crippen LogP contribution is 2.27. The molecule has 1 aromatic carbocycles. The van der Waals surface area contributed by atoms with Gasteiger partial charge in [0, 0.05) is 30.6 Å². The second-order valence-corrected chi connectivity index (χ2v) is 8.74. The molecule has 0 bridgehead atoms. The Morgan fingerprint density at radius 3 is 2.55 bits per heavy atom. The van der Waals surface area contributed by atoms with Gasteiger partial charge in [-0.1, -0.05) is 19.1 Å². The SMILES string of the molecule is CCS(=O)(=O)Cc1nc(Oc2c(C)cccc2F)nc(-c2ccc(=O)n(C)c2)n1. The van der Waals surface area contributed by atoms with E-state index in [0.29, 0.717) is 11.1 Å². The maximum Gasteiger partial charge on any atom is 0.325 e. The monoisotopic (exact) mass is 418 g/mol. The molecule has 0 radical (unpaired) electrons. The molecule has 0 aliphatic carbocycles. The summed E-state index contributed by atoms with van der Waals surface area (Å²) in [6.45, 7) is 3.18. The zero-order valence-corrected chi connectivity index (χ0v) is 16.9. The van der Waals surface area contributed by atoms with E-state index in [1.54, 1.807) is 26.1 Å². The number of sulfone groups is 1. The molecule has 0 saturated heterocycles. The predicted molar refractivity (Wildman–Crippen MR) is 105 cm³/mol. The average Bonchev–Trinajstić information content (AvgIpc) is 2.66. The Kier molecular flexibility index (Phi) is 5.73. The van der Waals surface area contributed by atoms with Crippen LogP contribution in [0.15, 0.2) is 41.3 Å². The molecule has 2 heterocycles. The number of para-hydroxylation sites is 1. The van der Waals surface area contributed by atoms with Crippen LogP contribution in [-0.2, 0) is 22.6 Å². The number of hydrogen-bond acceptors (Lipinski definition) is 7. The number of halogens is 1. The maximum atomic E-state index is 14.2. The van der Waals surface area contributed by atoms with Crippen molar-refractivity contribution in [1.82, 2.24) is 19.5 Å². The Hall–Kier alpha value is -3.14. The summed E-state index contributed by atoms with van der Waals surface area (Å²) >= 11 is 0. The summed E-state index contributed by atoms with van der Waals surface area (Å²) in [7, 11) is -1.86. The van der Waals surface area contributed by atoms with Gasteiger partial charge in [-0.3, -0.25) is 4.79 Å². The van der Waals surface area contributed by atoms with Gasteiger partial charge in [-0.05, 0) is 24.6 Å². The van der Waals surface area contributed by atoms with Crippen molar-refractivity contribution in [2.24, 2.45) is 7.05 Å². The van der Waals surface area contributed by atoms with Crippen LogP contribution in [0.25, 0.3) is 11.4 Å². The molecule has 152 valence electrons. The lowest BCUT2D eigenvalue weighted by Gasteiger charge is -2.11. The molecule has 8 nitrogen and oxygen atoms in total. The van der Waals surface area contributed by atoms with E-state index < -0.39 is 21.4 Å². The largest absolute Gasteiger partial charge is 0.421 e. The summed E-state index contributed by atoms with van der Waals surface area (Å²) in [5.41, 5.74) is 0.756. The van der Waals surface area contributed by atoms with E-state index in [0.717, 1.165) is 0 Å². The number of rotatable bonds is 6. The van der Waals surface area contributed by atoms with Gasteiger partial charge >= 0.3 is 6.01 Å². The molecule has 0 amide bonds. The summed E-state index contributed by atoms with van der Waals surface area (Å²) < 4.78 is 45.1. The Morgan fingerprint density at radius 2 is 1.90 bits per heavy atom. The number of benzene rings is 1. The minimum atomic E-state index is -3.43. The molecule has 0 aliphatic rings. The highest BCUT2D eigenvalue weighted by molar-refractivity contribution is 7.90. The molecule has 29 heavy (non-hydrogen) atoms. The van der Waals surface area contributed by atoms with Crippen molar-refractivity contribution in [1.29, 1.82) is 0 Å². The van der Waals surface area contributed by atoms with E-state index >= 15 is 0 Å². The summed E-state index contributed by atoms with van der Waals surface area (Å²) in [5.74, 6) is -1.09. The molecule has 0 N–H and O–H groups in total. The Balaban J connectivity index is 2.12. The topological polar surface area (TPSA) is 104 Å². The number of ether oxygens (including phenoxy) is 1. The first-order valence-corrected chi connectivity index (χ1v) is 10.6. The lowest BCUT2D eigenvalue weighted by molar-refractivity contribution is 0.405. The first kappa shape index (κ1) is 20.6. The van der Waals surface area contributed by atoms with Gasteiger partial charge in [0.25, 0.3) is 0 Å². The van der Waals surface area contributed by atoms with Crippen LogP contribution in [0, 0.1) is 12.7 Å². The van der Waals surface area contributed by atoms with E-state index in [2.05, 4.69) is 15.0 Å². The van der Waals surface area contributed by atoms with E-state index in [-0.39, 0.29) is 34.7 Å². The summed E-state index contributed by atoms with van der Waals surface area (Å²) in [4.78, 5) is 24.1. The second kappa shape index (κ2) is 8.08. The molecule has 0 saturated carbocycles. The molecular formula is C19H19FN4O4S. The smallest absolute Gasteiger partial charge is 0.325 e. The highest BCUT2D eigenvalue weighted by atomic mass is 32.2. The maximum absolute atomic E-state index is 14.2. The van der Waals surface area contributed by atoms with Gasteiger partial charge in [0.1, 0.15) is 5.75 Å². The normalized spacial score (nSPS) is 11.4. The van der Waals surface area contributed by atoms with Crippen LogP contribution in [0.4, 0.5) is 4.39 Å². The molecule has 3 aromatic rings. The lowest BCUT2D eigenvalue weighted by atomic mass is 10.2. The van der Waals surface area contributed by atoms with Crippen LogP contribution in [-0.4, -0.2) is 33.7 Å². The Labute approximate surface area is 167 Å². The van der Waals surface area contributed by atoms with Gasteiger partial charge in [0.2, 0.25) is 5.56 Å². The standard InChI is InChI=1S/C19H19FN4O4S/c1-4-29(26,27)11-15-21-18(13-8-9-16(25)24(3)10-13)23-19(22-15)28-17-12(2)6-5-7-14(17)20/h5-10H,4,11H2,1-3H3. The average molecular weight is 418 g/mol. The third kappa shape index (κ3) is 4.83.